The zero-order valence-corrected chi connectivity index (χ0v) is 12.6. The van der Waals surface area contributed by atoms with Crippen LogP contribution in [0.1, 0.15) is 26.0 Å². The number of hydrogen-bond donors (Lipinski definition) is 3. The van der Waals surface area contributed by atoms with Gasteiger partial charge in [-0.2, -0.15) is 0 Å². The van der Waals surface area contributed by atoms with E-state index in [4.69, 9.17) is 0 Å². The van der Waals surface area contributed by atoms with Crippen LogP contribution in [0.25, 0.3) is 11.0 Å². The number of H-pyrrole nitrogens is 2. The van der Waals surface area contributed by atoms with Gasteiger partial charge in [0.05, 0.1) is 11.3 Å². The van der Waals surface area contributed by atoms with Crippen LogP contribution >= 0.6 is 11.8 Å². The monoisotopic (exact) mass is 294 g/mol. The van der Waals surface area contributed by atoms with Gasteiger partial charge in [-0.05, 0) is 26.3 Å². The summed E-state index contributed by atoms with van der Waals surface area (Å²) in [5.41, 5.74) is 1.76. The lowest BCUT2D eigenvalue weighted by molar-refractivity contribution is -0.119. The van der Waals surface area contributed by atoms with Crippen LogP contribution in [-0.2, 0) is 4.79 Å². The Labute approximate surface area is 120 Å². The molecule has 0 aliphatic heterocycles. The fourth-order valence-electron chi connectivity index (χ4n) is 1.75. The standard InChI is InChI=1S/C13H18N4O2S/c1-4-7(2)14-10(18)6-20-13-16-9-5-8(3)15-11(9)12(19)17-13/h5,7,15H,4,6H2,1-3H3,(H,14,18)(H,16,17,19)/t7-/m1/s1. The van der Waals surface area contributed by atoms with Gasteiger partial charge < -0.3 is 10.3 Å². The van der Waals surface area contributed by atoms with E-state index in [1.807, 2.05) is 26.8 Å². The number of thioether (sulfide) groups is 1. The molecule has 108 valence electrons. The van der Waals surface area contributed by atoms with Crippen molar-refractivity contribution in [3.63, 3.8) is 0 Å². The lowest BCUT2D eigenvalue weighted by Crippen LogP contribution is -2.33. The number of fused-ring (bicyclic) bond motifs is 1. The minimum atomic E-state index is -0.215. The van der Waals surface area contributed by atoms with E-state index in [-0.39, 0.29) is 23.3 Å². The third-order valence-electron chi connectivity index (χ3n) is 2.96. The molecule has 0 radical (unpaired) electrons. The Bertz CT molecular complexity index is 677. The maximum absolute atomic E-state index is 11.8. The molecule has 20 heavy (non-hydrogen) atoms. The first-order valence-electron chi connectivity index (χ1n) is 6.51. The van der Waals surface area contributed by atoms with E-state index in [2.05, 4.69) is 20.3 Å². The van der Waals surface area contributed by atoms with E-state index in [0.717, 1.165) is 12.1 Å². The molecule has 0 saturated heterocycles. The molecule has 2 heterocycles. The van der Waals surface area contributed by atoms with Gasteiger partial charge in [0, 0.05) is 11.7 Å². The Morgan fingerprint density at radius 2 is 2.25 bits per heavy atom. The summed E-state index contributed by atoms with van der Waals surface area (Å²) in [4.78, 5) is 33.5. The van der Waals surface area contributed by atoms with Gasteiger partial charge in [-0.1, -0.05) is 18.7 Å². The van der Waals surface area contributed by atoms with Crippen LogP contribution in [0.3, 0.4) is 0 Å². The minimum absolute atomic E-state index is 0.0580. The van der Waals surface area contributed by atoms with Gasteiger partial charge in [0.2, 0.25) is 5.91 Å². The van der Waals surface area contributed by atoms with Crippen molar-refractivity contribution < 1.29 is 4.79 Å². The number of rotatable bonds is 5. The molecular weight excluding hydrogens is 276 g/mol. The molecule has 0 fully saturated rings. The molecule has 1 atom stereocenters. The average Bonchev–Trinajstić information content (AvgIpc) is 2.77. The van der Waals surface area contributed by atoms with Crippen LogP contribution < -0.4 is 10.9 Å². The Balaban J connectivity index is 2.07. The predicted molar refractivity (Wildman–Crippen MR) is 80.1 cm³/mol. The summed E-state index contributed by atoms with van der Waals surface area (Å²) in [5, 5.41) is 3.33. The van der Waals surface area contributed by atoms with Crippen molar-refractivity contribution in [1.82, 2.24) is 20.3 Å². The lowest BCUT2D eigenvalue weighted by atomic mass is 10.3. The second-order valence-electron chi connectivity index (χ2n) is 4.75. The number of aromatic nitrogens is 3. The topological polar surface area (TPSA) is 90.6 Å². The van der Waals surface area contributed by atoms with Crippen molar-refractivity contribution in [1.29, 1.82) is 0 Å². The van der Waals surface area contributed by atoms with E-state index in [1.54, 1.807) is 0 Å². The molecule has 0 saturated carbocycles. The van der Waals surface area contributed by atoms with Gasteiger partial charge in [-0.25, -0.2) is 4.98 Å². The molecule has 0 aliphatic carbocycles. The number of aryl methyl sites for hydroxylation is 1. The summed E-state index contributed by atoms with van der Waals surface area (Å²) in [5.74, 6) is 0.180. The van der Waals surface area contributed by atoms with Crippen LogP contribution in [0.5, 0.6) is 0 Å². The van der Waals surface area contributed by atoms with Gasteiger partial charge >= 0.3 is 0 Å². The highest BCUT2D eigenvalue weighted by Crippen LogP contribution is 2.15. The minimum Gasteiger partial charge on any atom is -0.353 e. The fraction of sp³-hybridized carbons (Fsp3) is 0.462. The molecule has 2 rings (SSSR count). The first kappa shape index (κ1) is 14.6. The maximum atomic E-state index is 11.8. The summed E-state index contributed by atoms with van der Waals surface area (Å²) >= 11 is 1.23. The van der Waals surface area contributed by atoms with E-state index < -0.39 is 0 Å². The van der Waals surface area contributed by atoms with E-state index in [0.29, 0.717) is 16.2 Å². The highest BCUT2D eigenvalue weighted by molar-refractivity contribution is 7.99. The third kappa shape index (κ3) is 3.41. The van der Waals surface area contributed by atoms with Gasteiger partial charge in [-0.3, -0.25) is 14.6 Å². The summed E-state index contributed by atoms with van der Waals surface area (Å²) in [6.07, 6.45) is 0.889. The van der Waals surface area contributed by atoms with Crippen LogP contribution in [0.2, 0.25) is 0 Å². The molecule has 2 aromatic rings. The largest absolute Gasteiger partial charge is 0.353 e. The quantitative estimate of drug-likeness (QED) is 0.576. The van der Waals surface area contributed by atoms with Gasteiger partial charge in [0.1, 0.15) is 5.52 Å². The molecule has 0 spiro atoms. The van der Waals surface area contributed by atoms with Crippen molar-refractivity contribution in [3.05, 3.63) is 22.1 Å². The summed E-state index contributed by atoms with van der Waals surface area (Å²) in [6.45, 7) is 5.84. The van der Waals surface area contributed by atoms with Crippen molar-refractivity contribution in [2.75, 3.05) is 5.75 Å². The Hall–Kier alpha value is -1.76. The zero-order valence-electron chi connectivity index (χ0n) is 11.7. The molecule has 2 aromatic heterocycles. The van der Waals surface area contributed by atoms with Crippen molar-refractivity contribution >= 4 is 28.7 Å². The molecule has 0 unspecified atom stereocenters. The van der Waals surface area contributed by atoms with Crippen LogP contribution in [-0.4, -0.2) is 32.7 Å². The van der Waals surface area contributed by atoms with Crippen LogP contribution in [0.15, 0.2) is 16.0 Å². The second kappa shape index (κ2) is 6.13. The number of hydrogen-bond acceptors (Lipinski definition) is 4. The number of nitrogens with zero attached hydrogens (tertiary/aromatic N) is 1. The number of aromatic amines is 2. The summed E-state index contributed by atoms with van der Waals surface area (Å²) in [6, 6.07) is 1.97. The Kier molecular flexibility index (Phi) is 4.49. The normalized spacial score (nSPS) is 12.6. The average molecular weight is 294 g/mol. The molecule has 6 nitrogen and oxygen atoms in total. The SMILES string of the molecule is CC[C@@H](C)NC(=O)CSc1nc2cc(C)[nH]c2c(=O)[nH]1. The third-order valence-corrected chi connectivity index (χ3v) is 3.83. The van der Waals surface area contributed by atoms with Gasteiger partial charge in [0.15, 0.2) is 5.16 Å². The molecule has 0 bridgehead atoms. The van der Waals surface area contributed by atoms with Gasteiger partial charge in [0.25, 0.3) is 5.56 Å². The summed E-state index contributed by atoms with van der Waals surface area (Å²) < 4.78 is 0. The van der Waals surface area contributed by atoms with E-state index >= 15 is 0 Å². The van der Waals surface area contributed by atoms with Crippen molar-refractivity contribution in [2.24, 2.45) is 0 Å². The maximum Gasteiger partial charge on any atom is 0.275 e. The first-order chi connectivity index (χ1) is 9.49. The van der Waals surface area contributed by atoms with Gasteiger partial charge in [-0.15, -0.1) is 0 Å². The fourth-order valence-corrected chi connectivity index (χ4v) is 2.43. The Morgan fingerprint density at radius 1 is 1.50 bits per heavy atom. The van der Waals surface area contributed by atoms with Crippen LogP contribution in [0.4, 0.5) is 0 Å². The molecule has 1 amide bonds. The van der Waals surface area contributed by atoms with Crippen molar-refractivity contribution in [2.45, 2.75) is 38.4 Å². The van der Waals surface area contributed by atoms with Crippen molar-refractivity contribution in [3.8, 4) is 0 Å². The number of carbonyl (C=O) groups excluding carboxylic acids is 1. The lowest BCUT2D eigenvalue weighted by Gasteiger charge is -2.10. The number of carbonyl (C=O) groups is 1. The molecule has 7 heteroatoms. The highest BCUT2D eigenvalue weighted by atomic mass is 32.2. The first-order valence-corrected chi connectivity index (χ1v) is 7.50. The zero-order chi connectivity index (χ0) is 14.7. The Morgan fingerprint density at radius 3 is 2.95 bits per heavy atom. The predicted octanol–water partition coefficient (Wildman–Crippen LogP) is 1.57. The number of amides is 1. The van der Waals surface area contributed by atoms with E-state index in [1.165, 1.54) is 11.8 Å². The molecular formula is C13H18N4O2S. The molecule has 0 aromatic carbocycles. The molecule has 3 N–H and O–H groups in total. The smallest absolute Gasteiger partial charge is 0.275 e. The summed E-state index contributed by atoms with van der Waals surface area (Å²) in [7, 11) is 0. The molecule has 0 aliphatic rings. The van der Waals surface area contributed by atoms with Crippen LogP contribution in [0, 0.1) is 6.92 Å². The second-order valence-corrected chi connectivity index (χ2v) is 5.71. The number of nitrogens with one attached hydrogen (secondary N) is 3. The van der Waals surface area contributed by atoms with E-state index in [9.17, 15) is 9.59 Å². The highest BCUT2D eigenvalue weighted by Gasteiger charge is 2.10.